The summed E-state index contributed by atoms with van der Waals surface area (Å²) in [6.45, 7) is 2.28. The van der Waals surface area contributed by atoms with E-state index in [1.807, 2.05) is 24.3 Å². The van der Waals surface area contributed by atoms with E-state index in [1.54, 1.807) is 0 Å². The Labute approximate surface area is 78.5 Å². The Balaban J connectivity index is 2.53. The number of hydrogen-bond donors (Lipinski definition) is 0. The first-order chi connectivity index (χ1) is 6.36. The van der Waals surface area contributed by atoms with Gasteiger partial charge in [-0.25, -0.2) is 0 Å². The van der Waals surface area contributed by atoms with Crippen LogP contribution in [0.3, 0.4) is 0 Å². The van der Waals surface area contributed by atoms with Crippen LogP contribution < -0.4 is 4.74 Å². The Hall–Kier alpha value is -1.31. The Morgan fingerprint density at radius 2 is 2.00 bits per heavy atom. The number of rotatable bonds is 5. The van der Waals surface area contributed by atoms with E-state index in [0.717, 1.165) is 24.9 Å². The topological polar surface area (TPSA) is 26.3 Å². The summed E-state index contributed by atoms with van der Waals surface area (Å²) in [5.74, 6) is 0.756. The monoisotopic (exact) mass is 178 g/mol. The maximum atomic E-state index is 10.0. The molecule has 13 heavy (non-hydrogen) atoms. The molecule has 0 aliphatic heterocycles. The number of benzene rings is 1. The highest BCUT2D eigenvalue weighted by molar-refractivity contribution is 5.51. The molecule has 0 saturated heterocycles. The van der Waals surface area contributed by atoms with E-state index < -0.39 is 0 Å². The fraction of sp³-hybridized carbons (Fsp3) is 0.364. The molecule has 1 rings (SSSR count). The van der Waals surface area contributed by atoms with Gasteiger partial charge in [0, 0.05) is 0 Å². The normalized spacial score (nSPS) is 9.62. The van der Waals surface area contributed by atoms with Gasteiger partial charge in [-0.15, -0.1) is 0 Å². The Morgan fingerprint density at radius 1 is 1.31 bits per heavy atom. The van der Waals surface area contributed by atoms with Gasteiger partial charge in [0.15, 0.2) is 6.29 Å². The van der Waals surface area contributed by atoms with Gasteiger partial charge < -0.3 is 4.74 Å². The van der Waals surface area contributed by atoms with E-state index in [0.29, 0.717) is 0 Å². The molecule has 0 bridgehead atoms. The van der Waals surface area contributed by atoms with Gasteiger partial charge in [0.25, 0.3) is 0 Å². The summed E-state index contributed by atoms with van der Waals surface area (Å²) in [4.78, 5) is 10.0. The summed E-state index contributed by atoms with van der Waals surface area (Å²) in [5, 5.41) is 0. The highest BCUT2D eigenvalue weighted by Gasteiger charge is 1.93. The van der Waals surface area contributed by atoms with E-state index in [1.165, 1.54) is 5.56 Å². The van der Waals surface area contributed by atoms with Crippen molar-refractivity contribution in [1.82, 2.24) is 0 Å². The number of carbonyl (C=O) groups is 1. The lowest BCUT2D eigenvalue weighted by Gasteiger charge is -2.02. The lowest BCUT2D eigenvalue weighted by molar-refractivity contribution is -0.109. The zero-order valence-electron chi connectivity index (χ0n) is 7.82. The number of aryl methyl sites for hydroxylation is 1. The van der Waals surface area contributed by atoms with E-state index in [-0.39, 0.29) is 6.61 Å². The molecule has 2 heteroatoms. The van der Waals surface area contributed by atoms with Crippen molar-refractivity contribution in [2.24, 2.45) is 0 Å². The number of ether oxygens (including phenoxy) is 1. The standard InChI is InChI=1S/C11H14O2/c1-2-3-10-4-6-11(7-5-10)13-9-8-12/h4-8H,2-3,9H2,1H3. The largest absolute Gasteiger partial charge is 0.486 e. The van der Waals surface area contributed by atoms with Gasteiger partial charge in [-0.2, -0.15) is 0 Å². The Kier molecular flexibility index (Phi) is 4.03. The van der Waals surface area contributed by atoms with Crippen LogP contribution in [-0.2, 0) is 11.2 Å². The van der Waals surface area contributed by atoms with Gasteiger partial charge in [-0.3, -0.25) is 4.79 Å². The Morgan fingerprint density at radius 3 is 2.54 bits per heavy atom. The van der Waals surface area contributed by atoms with Gasteiger partial charge in [0.1, 0.15) is 12.4 Å². The maximum absolute atomic E-state index is 10.0. The van der Waals surface area contributed by atoms with Crippen LogP contribution in [0, 0.1) is 0 Å². The molecule has 0 saturated carbocycles. The van der Waals surface area contributed by atoms with Gasteiger partial charge in [0.2, 0.25) is 0 Å². The van der Waals surface area contributed by atoms with Crippen LogP contribution in [0.4, 0.5) is 0 Å². The van der Waals surface area contributed by atoms with Crippen molar-refractivity contribution in [2.45, 2.75) is 19.8 Å². The molecule has 0 aliphatic carbocycles. The number of carbonyl (C=O) groups excluding carboxylic acids is 1. The van der Waals surface area contributed by atoms with Crippen LogP contribution >= 0.6 is 0 Å². The Bertz CT molecular complexity index is 251. The minimum atomic E-state index is 0.132. The molecular weight excluding hydrogens is 164 g/mol. The molecule has 0 spiro atoms. The molecule has 0 aliphatic rings. The zero-order valence-corrected chi connectivity index (χ0v) is 7.82. The second-order valence-corrected chi connectivity index (χ2v) is 2.87. The first kappa shape index (κ1) is 9.78. The molecule has 0 N–H and O–H groups in total. The highest BCUT2D eigenvalue weighted by Crippen LogP contribution is 2.12. The first-order valence-electron chi connectivity index (χ1n) is 4.52. The van der Waals surface area contributed by atoms with Gasteiger partial charge >= 0.3 is 0 Å². The molecule has 1 aromatic rings. The zero-order chi connectivity index (χ0) is 9.52. The molecular formula is C11H14O2. The maximum Gasteiger partial charge on any atom is 0.157 e. The number of hydrogen-bond acceptors (Lipinski definition) is 2. The van der Waals surface area contributed by atoms with Crippen LogP contribution in [0.2, 0.25) is 0 Å². The van der Waals surface area contributed by atoms with Crippen LogP contribution in [0.1, 0.15) is 18.9 Å². The molecule has 70 valence electrons. The summed E-state index contributed by atoms with van der Waals surface area (Å²) in [7, 11) is 0. The summed E-state index contributed by atoms with van der Waals surface area (Å²) in [6, 6.07) is 7.86. The van der Waals surface area contributed by atoms with Crippen molar-refractivity contribution in [3.8, 4) is 5.75 Å². The molecule has 0 unspecified atom stereocenters. The third-order valence-corrected chi connectivity index (χ3v) is 1.78. The molecule has 0 aromatic heterocycles. The van der Waals surface area contributed by atoms with Crippen molar-refractivity contribution < 1.29 is 9.53 Å². The van der Waals surface area contributed by atoms with Crippen LogP contribution in [0.25, 0.3) is 0 Å². The smallest absolute Gasteiger partial charge is 0.157 e. The highest BCUT2D eigenvalue weighted by atomic mass is 16.5. The lowest BCUT2D eigenvalue weighted by Crippen LogP contribution is -1.97. The minimum absolute atomic E-state index is 0.132. The SMILES string of the molecule is CCCc1ccc(OCC=O)cc1. The lowest BCUT2D eigenvalue weighted by atomic mass is 10.1. The van der Waals surface area contributed by atoms with Crippen LogP contribution in [0.5, 0.6) is 5.75 Å². The van der Waals surface area contributed by atoms with Gasteiger partial charge in [-0.05, 0) is 24.1 Å². The van der Waals surface area contributed by atoms with E-state index in [2.05, 4.69) is 6.92 Å². The summed E-state index contributed by atoms with van der Waals surface area (Å²) < 4.78 is 5.12. The molecule has 1 aromatic carbocycles. The summed E-state index contributed by atoms with van der Waals surface area (Å²) >= 11 is 0. The quantitative estimate of drug-likeness (QED) is 0.646. The average Bonchev–Trinajstić information content (AvgIpc) is 2.17. The van der Waals surface area contributed by atoms with E-state index in [4.69, 9.17) is 4.74 Å². The van der Waals surface area contributed by atoms with E-state index >= 15 is 0 Å². The number of aldehydes is 1. The van der Waals surface area contributed by atoms with Crippen molar-refractivity contribution in [1.29, 1.82) is 0 Å². The van der Waals surface area contributed by atoms with Gasteiger partial charge in [0.05, 0.1) is 0 Å². The van der Waals surface area contributed by atoms with Crippen LogP contribution in [0.15, 0.2) is 24.3 Å². The second-order valence-electron chi connectivity index (χ2n) is 2.87. The summed E-state index contributed by atoms with van der Waals surface area (Å²) in [6.07, 6.45) is 2.99. The molecule has 0 amide bonds. The third-order valence-electron chi connectivity index (χ3n) is 1.78. The van der Waals surface area contributed by atoms with Crippen molar-refractivity contribution in [3.05, 3.63) is 29.8 Å². The van der Waals surface area contributed by atoms with Crippen molar-refractivity contribution in [2.75, 3.05) is 6.61 Å². The molecule has 0 atom stereocenters. The second kappa shape index (κ2) is 5.36. The predicted molar refractivity (Wildman–Crippen MR) is 52.0 cm³/mol. The summed E-state index contributed by atoms with van der Waals surface area (Å²) in [5.41, 5.74) is 1.31. The predicted octanol–water partition coefficient (Wildman–Crippen LogP) is 2.22. The minimum Gasteiger partial charge on any atom is -0.486 e. The first-order valence-corrected chi connectivity index (χ1v) is 4.52. The fourth-order valence-electron chi connectivity index (χ4n) is 1.17. The van der Waals surface area contributed by atoms with E-state index in [9.17, 15) is 4.79 Å². The fourth-order valence-corrected chi connectivity index (χ4v) is 1.17. The van der Waals surface area contributed by atoms with Crippen molar-refractivity contribution in [3.63, 3.8) is 0 Å². The molecule has 0 fully saturated rings. The molecule has 2 nitrogen and oxygen atoms in total. The third kappa shape index (κ3) is 3.28. The van der Waals surface area contributed by atoms with Crippen LogP contribution in [-0.4, -0.2) is 12.9 Å². The van der Waals surface area contributed by atoms with Gasteiger partial charge in [-0.1, -0.05) is 25.5 Å². The molecule has 0 radical (unpaired) electrons. The van der Waals surface area contributed by atoms with Crippen molar-refractivity contribution >= 4 is 6.29 Å². The molecule has 0 heterocycles. The average molecular weight is 178 g/mol.